The topological polar surface area (TPSA) is 131 Å². The van der Waals surface area contributed by atoms with E-state index in [1.165, 1.54) is 6.07 Å². The fourth-order valence-corrected chi connectivity index (χ4v) is 1.25. The lowest BCUT2D eigenvalue weighted by Gasteiger charge is -2.02. The molecule has 1 aromatic rings. The summed E-state index contributed by atoms with van der Waals surface area (Å²) in [4.78, 5) is 19.9. The number of benzene rings is 1. The number of nitro groups is 2. The molecule has 0 saturated heterocycles. The van der Waals surface area contributed by atoms with Gasteiger partial charge in [-0.05, 0) is 6.07 Å². The van der Waals surface area contributed by atoms with Crippen molar-refractivity contribution in [1.29, 1.82) is 0 Å². The van der Waals surface area contributed by atoms with Crippen LogP contribution in [-0.2, 0) is 6.54 Å². The Morgan fingerprint density at radius 1 is 1.29 bits per heavy atom. The summed E-state index contributed by atoms with van der Waals surface area (Å²) in [5, 5.41) is 34.2. The van der Waals surface area contributed by atoms with E-state index in [2.05, 4.69) is 10.5 Å². The Kier molecular flexibility index (Phi) is 3.92. The predicted molar refractivity (Wildman–Crippen MR) is 55.8 cm³/mol. The SMILES string of the molecule is O=[N+]([O-])c1cccc([N+](=O)[O-])c1CN[C]=NO. The lowest BCUT2D eigenvalue weighted by Crippen LogP contribution is -2.13. The highest BCUT2D eigenvalue weighted by molar-refractivity contribution is 5.58. The molecule has 0 saturated carbocycles. The summed E-state index contributed by atoms with van der Waals surface area (Å²) in [5.41, 5.74) is -0.878. The highest BCUT2D eigenvalue weighted by atomic mass is 16.6. The molecule has 0 amide bonds. The van der Waals surface area contributed by atoms with E-state index >= 15 is 0 Å². The molecule has 0 unspecified atom stereocenters. The van der Waals surface area contributed by atoms with E-state index in [9.17, 15) is 20.2 Å². The second-order valence-electron chi connectivity index (χ2n) is 2.85. The Morgan fingerprint density at radius 3 is 2.24 bits per heavy atom. The van der Waals surface area contributed by atoms with Gasteiger partial charge in [-0.15, -0.1) is 0 Å². The molecule has 0 aromatic heterocycles. The van der Waals surface area contributed by atoms with Crippen molar-refractivity contribution < 1.29 is 15.1 Å². The van der Waals surface area contributed by atoms with Crippen LogP contribution in [0.15, 0.2) is 23.4 Å². The fraction of sp³-hybridized carbons (Fsp3) is 0.125. The molecule has 0 spiro atoms. The molecule has 0 aliphatic rings. The second kappa shape index (κ2) is 5.39. The van der Waals surface area contributed by atoms with Crippen molar-refractivity contribution in [1.82, 2.24) is 5.32 Å². The molecule has 17 heavy (non-hydrogen) atoms. The molecule has 0 fully saturated rings. The normalized spacial score (nSPS) is 10.4. The van der Waals surface area contributed by atoms with Gasteiger partial charge < -0.3 is 10.5 Å². The van der Waals surface area contributed by atoms with Gasteiger partial charge in [0.25, 0.3) is 11.4 Å². The van der Waals surface area contributed by atoms with Crippen LogP contribution in [0.5, 0.6) is 0 Å². The number of hydrogen-bond acceptors (Lipinski definition) is 6. The van der Waals surface area contributed by atoms with Crippen LogP contribution in [0.2, 0.25) is 0 Å². The van der Waals surface area contributed by atoms with Crippen molar-refractivity contribution in [2.24, 2.45) is 5.16 Å². The third kappa shape index (κ3) is 2.87. The molecule has 9 heteroatoms. The summed E-state index contributed by atoms with van der Waals surface area (Å²) >= 11 is 0. The molecule has 0 aliphatic heterocycles. The van der Waals surface area contributed by atoms with Gasteiger partial charge in [0.1, 0.15) is 5.56 Å². The van der Waals surface area contributed by atoms with E-state index in [0.29, 0.717) is 0 Å². The summed E-state index contributed by atoms with van der Waals surface area (Å²) in [6.07, 6.45) is 1.91. The third-order valence-corrected chi connectivity index (χ3v) is 1.91. The van der Waals surface area contributed by atoms with E-state index in [1.54, 1.807) is 0 Å². The van der Waals surface area contributed by atoms with Crippen molar-refractivity contribution in [3.63, 3.8) is 0 Å². The summed E-state index contributed by atoms with van der Waals surface area (Å²) in [7, 11) is 0. The van der Waals surface area contributed by atoms with Crippen LogP contribution in [0.1, 0.15) is 5.56 Å². The standard InChI is InChI=1S/C8H7N4O5/c13-10-5-9-4-6-7(11(14)15)2-1-3-8(6)12(16)17/h1-3,13H,4H2,(H,9,10). The van der Waals surface area contributed by atoms with Crippen molar-refractivity contribution >= 4 is 17.7 Å². The Labute approximate surface area is 94.7 Å². The van der Waals surface area contributed by atoms with Crippen LogP contribution in [0, 0.1) is 20.2 Å². The molecule has 2 N–H and O–H groups in total. The van der Waals surface area contributed by atoms with Gasteiger partial charge in [0.05, 0.1) is 16.4 Å². The Balaban J connectivity index is 3.18. The van der Waals surface area contributed by atoms with Gasteiger partial charge in [-0.3, -0.25) is 20.2 Å². The first kappa shape index (κ1) is 12.4. The Morgan fingerprint density at radius 2 is 1.82 bits per heavy atom. The van der Waals surface area contributed by atoms with Crippen LogP contribution in [0.3, 0.4) is 0 Å². The van der Waals surface area contributed by atoms with Crippen LogP contribution < -0.4 is 5.32 Å². The molecule has 89 valence electrons. The molecule has 0 atom stereocenters. The molecule has 1 aromatic carbocycles. The highest BCUT2D eigenvalue weighted by Gasteiger charge is 2.23. The van der Waals surface area contributed by atoms with E-state index in [0.717, 1.165) is 12.1 Å². The lowest BCUT2D eigenvalue weighted by molar-refractivity contribution is -0.395. The first-order valence-electron chi connectivity index (χ1n) is 4.30. The predicted octanol–water partition coefficient (Wildman–Crippen LogP) is 0.887. The van der Waals surface area contributed by atoms with Gasteiger partial charge in [-0.1, -0.05) is 5.16 Å². The number of hydrogen-bond donors (Lipinski definition) is 2. The number of nitrogens with one attached hydrogen (secondary N) is 1. The van der Waals surface area contributed by atoms with Crippen LogP contribution in [0.25, 0.3) is 0 Å². The fourth-order valence-electron chi connectivity index (χ4n) is 1.25. The second-order valence-corrected chi connectivity index (χ2v) is 2.85. The van der Waals surface area contributed by atoms with Crippen LogP contribution in [-0.4, -0.2) is 21.4 Å². The van der Waals surface area contributed by atoms with E-state index in [1.807, 2.05) is 6.34 Å². The smallest absolute Gasteiger partial charge is 0.281 e. The molecule has 1 radical (unpaired) electrons. The van der Waals surface area contributed by atoms with Crippen LogP contribution >= 0.6 is 0 Å². The van der Waals surface area contributed by atoms with E-state index in [-0.39, 0.29) is 23.5 Å². The minimum absolute atomic E-state index is 0.112. The van der Waals surface area contributed by atoms with Crippen molar-refractivity contribution in [3.05, 3.63) is 44.0 Å². The number of nitro benzene ring substituents is 2. The van der Waals surface area contributed by atoms with Gasteiger partial charge in [0, 0.05) is 12.1 Å². The highest BCUT2D eigenvalue weighted by Crippen LogP contribution is 2.27. The van der Waals surface area contributed by atoms with Crippen LogP contribution in [0.4, 0.5) is 11.4 Å². The maximum atomic E-state index is 10.7. The minimum atomic E-state index is -0.722. The maximum absolute atomic E-state index is 10.7. The maximum Gasteiger partial charge on any atom is 0.281 e. The average molecular weight is 239 g/mol. The molecule has 0 aliphatic carbocycles. The van der Waals surface area contributed by atoms with Crippen molar-refractivity contribution in [2.75, 3.05) is 0 Å². The monoisotopic (exact) mass is 239 g/mol. The third-order valence-electron chi connectivity index (χ3n) is 1.91. The molecular formula is C8H7N4O5. The van der Waals surface area contributed by atoms with Gasteiger partial charge in [-0.25, -0.2) is 0 Å². The Hall–Kier alpha value is -2.71. The number of rotatable bonds is 5. The average Bonchev–Trinajstić information content (AvgIpc) is 2.28. The molecule has 0 bridgehead atoms. The summed E-state index contributed by atoms with van der Waals surface area (Å²) in [6.45, 7) is -0.239. The van der Waals surface area contributed by atoms with Gasteiger partial charge in [0.15, 0.2) is 0 Å². The van der Waals surface area contributed by atoms with Gasteiger partial charge in [0.2, 0.25) is 6.34 Å². The van der Waals surface area contributed by atoms with Gasteiger partial charge in [-0.2, -0.15) is 0 Å². The minimum Gasteiger partial charge on any atom is -0.409 e. The summed E-state index contributed by atoms with van der Waals surface area (Å²) < 4.78 is 0. The zero-order valence-corrected chi connectivity index (χ0v) is 8.36. The first-order chi connectivity index (χ1) is 8.07. The van der Waals surface area contributed by atoms with E-state index in [4.69, 9.17) is 5.21 Å². The molecule has 1 rings (SSSR count). The summed E-state index contributed by atoms with van der Waals surface area (Å²) in [6, 6.07) is 3.53. The summed E-state index contributed by atoms with van der Waals surface area (Å²) in [5.74, 6) is 0. The molecular weight excluding hydrogens is 232 g/mol. The van der Waals surface area contributed by atoms with Gasteiger partial charge >= 0.3 is 0 Å². The van der Waals surface area contributed by atoms with Crippen molar-refractivity contribution in [2.45, 2.75) is 6.54 Å². The zero-order chi connectivity index (χ0) is 12.8. The quantitative estimate of drug-likeness (QED) is 0.196. The molecule has 0 heterocycles. The van der Waals surface area contributed by atoms with Crippen molar-refractivity contribution in [3.8, 4) is 0 Å². The zero-order valence-electron chi connectivity index (χ0n) is 8.36. The number of nitrogens with zero attached hydrogens (tertiary/aromatic N) is 3. The first-order valence-corrected chi connectivity index (χ1v) is 4.30. The molecule has 9 nitrogen and oxygen atoms in total. The lowest BCUT2D eigenvalue weighted by atomic mass is 10.1. The Bertz CT molecular complexity index is 441. The largest absolute Gasteiger partial charge is 0.409 e. The van der Waals surface area contributed by atoms with E-state index < -0.39 is 9.85 Å².